The van der Waals surface area contributed by atoms with Crippen molar-refractivity contribution in [2.24, 2.45) is 16.7 Å². The molecule has 6 heteroatoms. The van der Waals surface area contributed by atoms with Gasteiger partial charge in [-0.15, -0.1) is 0 Å². The molecule has 0 N–H and O–H groups in total. The zero-order chi connectivity index (χ0) is 16.3. The average Bonchev–Trinajstić information content (AvgIpc) is 3.03. The van der Waals surface area contributed by atoms with Crippen LogP contribution in [0.3, 0.4) is 0 Å². The van der Waals surface area contributed by atoms with Gasteiger partial charge in [0, 0.05) is 11.8 Å². The molecule has 22 heavy (non-hydrogen) atoms. The smallest absolute Gasteiger partial charge is 0.338 e. The van der Waals surface area contributed by atoms with E-state index in [4.69, 9.17) is 18.9 Å². The van der Waals surface area contributed by atoms with E-state index >= 15 is 0 Å². The summed E-state index contributed by atoms with van der Waals surface area (Å²) in [5.74, 6) is -1.67. The van der Waals surface area contributed by atoms with Gasteiger partial charge in [0.25, 0.3) is 0 Å². The first-order valence-corrected chi connectivity index (χ1v) is 7.74. The van der Waals surface area contributed by atoms with E-state index in [1.165, 1.54) is 14.2 Å². The van der Waals surface area contributed by atoms with Crippen LogP contribution in [0.4, 0.5) is 0 Å². The molecule has 3 rings (SSSR count). The summed E-state index contributed by atoms with van der Waals surface area (Å²) in [7, 11) is 2.55. The lowest BCUT2D eigenvalue weighted by molar-refractivity contribution is -0.251. The molecule has 5 atom stereocenters. The molecule has 3 fully saturated rings. The number of esters is 2. The monoisotopic (exact) mass is 312 g/mol. The lowest BCUT2D eigenvalue weighted by Crippen LogP contribution is -2.49. The summed E-state index contributed by atoms with van der Waals surface area (Å²) in [4.78, 5) is 24.0. The van der Waals surface area contributed by atoms with Crippen LogP contribution in [0.1, 0.15) is 40.0 Å². The minimum Gasteiger partial charge on any atom is -0.467 e. The quantitative estimate of drug-likeness (QED) is 0.722. The normalized spacial score (nSPS) is 45.2. The highest BCUT2D eigenvalue weighted by atomic mass is 16.8. The fourth-order valence-corrected chi connectivity index (χ4v) is 4.68. The molecular formula is C16H24O6. The van der Waals surface area contributed by atoms with Gasteiger partial charge in [-0.1, -0.05) is 20.8 Å². The molecule has 2 aliphatic carbocycles. The van der Waals surface area contributed by atoms with Gasteiger partial charge in [-0.25, -0.2) is 9.59 Å². The number of fused-ring (bicyclic) bond motifs is 3. The Kier molecular flexibility index (Phi) is 3.35. The Labute approximate surface area is 130 Å². The highest BCUT2D eigenvalue weighted by Crippen LogP contribution is 2.72. The highest BCUT2D eigenvalue weighted by molar-refractivity contribution is 5.86. The first kappa shape index (κ1) is 15.7. The molecule has 3 aliphatic rings. The van der Waals surface area contributed by atoms with Crippen molar-refractivity contribution >= 4 is 11.9 Å². The molecule has 1 spiro atoms. The Morgan fingerprint density at radius 1 is 1.00 bits per heavy atom. The van der Waals surface area contributed by atoms with Gasteiger partial charge < -0.3 is 18.9 Å². The molecule has 0 amide bonds. The van der Waals surface area contributed by atoms with Crippen LogP contribution in [0.15, 0.2) is 0 Å². The van der Waals surface area contributed by atoms with E-state index in [1.54, 1.807) is 0 Å². The number of hydrogen-bond acceptors (Lipinski definition) is 6. The number of hydrogen-bond donors (Lipinski definition) is 0. The second kappa shape index (κ2) is 4.68. The fraction of sp³-hybridized carbons (Fsp3) is 0.875. The topological polar surface area (TPSA) is 71.1 Å². The lowest BCUT2D eigenvalue weighted by Gasteiger charge is -2.44. The van der Waals surface area contributed by atoms with E-state index in [0.29, 0.717) is 12.3 Å². The second-order valence-corrected chi connectivity index (χ2v) is 7.37. The zero-order valence-corrected chi connectivity index (χ0v) is 13.8. The molecule has 0 aromatic carbocycles. The van der Waals surface area contributed by atoms with Gasteiger partial charge in [-0.05, 0) is 24.2 Å². The molecule has 1 heterocycles. The van der Waals surface area contributed by atoms with Gasteiger partial charge in [0.05, 0.1) is 14.2 Å². The highest BCUT2D eigenvalue weighted by Gasteiger charge is 2.75. The van der Waals surface area contributed by atoms with Gasteiger partial charge in [-0.2, -0.15) is 0 Å². The van der Waals surface area contributed by atoms with Crippen LogP contribution in [0.2, 0.25) is 0 Å². The Hall–Kier alpha value is -1.14. The largest absolute Gasteiger partial charge is 0.467 e. The summed E-state index contributed by atoms with van der Waals surface area (Å²) >= 11 is 0. The maximum absolute atomic E-state index is 12.0. The van der Waals surface area contributed by atoms with Crippen LogP contribution in [0.5, 0.6) is 0 Å². The molecule has 1 aliphatic heterocycles. The molecule has 1 unspecified atom stereocenters. The van der Waals surface area contributed by atoms with E-state index in [1.807, 2.05) is 0 Å². The summed E-state index contributed by atoms with van der Waals surface area (Å²) in [6, 6.07) is 0. The number of carbonyl (C=O) groups excluding carboxylic acids is 2. The Bertz CT molecular complexity index is 489. The van der Waals surface area contributed by atoms with Crippen molar-refractivity contribution in [3.63, 3.8) is 0 Å². The van der Waals surface area contributed by atoms with Crippen molar-refractivity contribution in [1.82, 2.24) is 0 Å². The predicted molar refractivity (Wildman–Crippen MR) is 75.7 cm³/mol. The lowest BCUT2D eigenvalue weighted by atomic mass is 9.68. The van der Waals surface area contributed by atoms with Crippen LogP contribution in [0, 0.1) is 16.7 Å². The van der Waals surface area contributed by atoms with Gasteiger partial charge in [-0.3, -0.25) is 0 Å². The third-order valence-corrected chi connectivity index (χ3v) is 6.57. The Morgan fingerprint density at radius 2 is 1.50 bits per heavy atom. The summed E-state index contributed by atoms with van der Waals surface area (Å²) < 4.78 is 21.7. The number of rotatable bonds is 2. The third-order valence-electron chi connectivity index (χ3n) is 6.57. The van der Waals surface area contributed by atoms with E-state index < -0.39 is 29.9 Å². The molecule has 0 radical (unpaired) electrons. The molecule has 6 nitrogen and oxygen atoms in total. The maximum Gasteiger partial charge on any atom is 0.338 e. The molecular weight excluding hydrogens is 288 g/mol. The first-order valence-electron chi connectivity index (χ1n) is 7.74. The second-order valence-electron chi connectivity index (χ2n) is 7.37. The van der Waals surface area contributed by atoms with Crippen LogP contribution < -0.4 is 0 Å². The van der Waals surface area contributed by atoms with Crippen LogP contribution in [-0.4, -0.2) is 44.2 Å². The molecule has 124 valence electrons. The molecule has 0 aromatic rings. The predicted octanol–water partition coefficient (Wildman–Crippen LogP) is 1.66. The molecule has 2 bridgehead atoms. The summed E-state index contributed by atoms with van der Waals surface area (Å²) in [6.07, 6.45) is 0.627. The van der Waals surface area contributed by atoms with Crippen molar-refractivity contribution in [2.45, 2.75) is 58.0 Å². The fourth-order valence-electron chi connectivity index (χ4n) is 4.68. The van der Waals surface area contributed by atoms with Crippen LogP contribution in [0.25, 0.3) is 0 Å². The van der Waals surface area contributed by atoms with Gasteiger partial charge >= 0.3 is 11.9 Å². The van der Waals surface area contributed by atoms with Gasteiger partial charge in [0.2, 0.25) is 0 Å². The van der Waals surface area contributed by atoms with Crippen molar-refractivity contribution in [1.29, 1.82) is 0 Å². The molecule has 0 aromatic heterocycles. The first-order chi connectivity index (χ1) is 10.2. The maximum atomic E-state index is 12.0. The SMILES string of the molecule is COC(=O)[C@H]1OC2(C[C@H]3CC[C@]2(C)C3(C)C)O[C@H]1C(=O)OC. The van der Waals surface area contributed by atoms with Gasteiger partial charge in [0.1, 0.15) is 0 Å². The van der Waals surface area contributed by atoms with E-state index in [-0.39, 0.29) is 10.8 Å². The average molecular weight is 312 g/mol. The summed E-state index contributed by atoms with van der Waals surface area (Å²) in [5.41, 5.74) is -0.224. The van der Waals surface area contributed by atoms with Crippen molar-refractivity contribution in [3.05, 3.63) is 0 Å². The molecule has 1 saturated heterocycles. The van der Waals surface area contributed by atoms with E-state index in [9.17, 15) is 9.59 Å². The summed E-state index contributed by atoms with van der Waals surface area (Å²) in [5, 5.41) is 0. The zero-order valence-electron chi connectivity index (χ0n) is 13.8. The third kappa shape index (κ3) is 1.68. The molecule has 2 saturated carbocycles. The van der Waals surface area contributed by atoms with Crippen molar-refractivity contribution in [3.8, 4) is 0 Å². The summed E-state index contributed by atoms with van der Waals surface area (Å²) in [6.45, 7) is 6.56. The van der Waals surface area contributed by atoms with E-state index in [2.05, 4.69) is 20.8 Å². The van der Waals surface area contributed by atoms with Crippen molar-refractivity contribution < 1.29 is 28.5 Å². The minimum absolute atomic E-state index is 0.0265. The van der Waals surface area contributed by atoms with Crippen LogP contribution >= 0.6 is 0 Å². The van der Waals surface area contributed by atoms with Gasteiger partial charge in [0.15, 0.2) is 18.0 Å². The standard InChI is InChI=1S/C16H24O6/c1-14(2)9-6-7-15(14,3)16(8-9)21-10(12(17)19-4)11(22-16)13(18)20-5/h9-11H,6-8H2,1-5H3/t9-,10-,11+,15-,16?/m1/s1. The van der Waals surface area contributed by atoms with Crippen molar-refractivity contribution in [2.75, 3.05) is 14.2 Å². The minimum atomic E-state index is -1.07. The number of carbonyl (C=O) groups is 2. The van der Waals surface area contributed by atoms with E-state index in [0.717, 1.165) is 12.8 Å². The number of ether oxygens (including phenoxy) is 4. The Morgan fingerprint density at radius 3 is 1.82 bits per heavy atom. The van der Waals surface area contributed by atoms with Crippen LogP contribution in [-0.2, 0) is 28.5 Å². The Balaban J connectivity index is 1.97. The number of methoxy groups -OCH3 is 2.